The predicted molar refractivity (Wildman–Crippen MR) is 180 cm³/mol. The van der Waals surface area contributed by atoms with Crippen molar-refractivity contribution in [3.8, 4) is 23.0 Å². The second-order valence-corrected chi connectivity index (χ2v) is 14.5. The Balaban J connectivity index is 0.000000152. The van der Waals surface area contributed by atoms with E-state index in [1.54, 1.807) is 28.4 Å². The number of phenolic OH excluding ortho intramolecular Hbond substituents is 2. The third-order valence-electron chi connectivity index (χ3n) is 12.6. The number of rotatable bonds is 4. The third-order valence-corrected chi connectivity index (χ3v) is 12.6. The van der Waals surface area contributed by atoms with E-state index in [9.17, 15) is 20.1 Å². The molecule has 2 aliphatic heterocycles. The zero-order valence-corrected chi connectivity index (χ0v) is 28.8. The number of ketones is 1. The molecule has 258 valence electrons. The van der Waals surface area contributed by atoms with E-state index in [4.69, 9.17) is 18.9 Å². The molecule has 2 aromatic rings. The molecule has 10 nitrogen and oxygen atoms in total. The molecule has 4 bridgehead atoms. The molecule has 0 saturated carbocycles. The van der Waals surface area contributed by atoms with E-state index >= 15 is 0 Å². The average molecular weight is 661 g/mol. The lowest BCUT2D eigenvalue weighted by molar-refractivity contribution is -0.122. The summed E-state index contributed by atoms with van der Waals surface area (Å²) in [6.07, 6.45) is 7.92. The number of carbonyl (C=O) groups is 1. The number of phenols is 2. The Hall–Kier alpha value is -3.73. The number of methoxy groups -OCH3 is 4. The first-order chi connectivity index (χ1) is 23.0. The van der Waals surface area contributed by atoms with Crippen LogP contribution in [0.5, 0.6) is 23.0 Å². The summed E-state index contributed by atoms with van der Waals surface area (Å²) in [5.41, 5.74) is 3.57. The summed E-state index contributed by atoms with van der Waals surface area (Å²) in [6, 6.07) is 8.45. The van der Waals surface area contributed by atoms with Crippen molar-refractivity contribution in [2.45, 2.75) is 67.5 Å². The number of likely N-dealkylation sites (tertiary alicyclic amines) is 2. The minimum absolute atomic E-state index is 0.0205. The van der Waals surface area contributed by atoms with Gasteiger partial charge in [-0.25, -0.2) is 0 Å². The van der Waals surface area contributed by atoms with Crippen LogP contribution in [0.4, 0.5) is 0 Å². The lowest BCUT2D eigenvalue weighted by atomic mass is 9.53. The van der Waals surface area contributed by atoms with Gasteiger partial charge in [-0.2, -0.15) is 0 Å². The van der Waals surface area contributed by atoms with Gasteiger partial charge in [0.25, 0.3) is 0 Å². The van der Waals surface area contributed by atoms with Gasteiger partial charge in [-0.15, -0.1) is 0 Å². The summed E-state index contributed by atoms with van der Waals surface area (Å²) in [7, 11) is 10.6. The lowest BCUT2D eigenvalue weighted by Gasteiger charge is -2.57. The van der Waals surface area contributed by atoms with Crippen LogP contribution < -0.4 is 9.47 Å². The van der Waals surface area contributed by atoms with Crippen LogP contribution in [-0.2, 0) is 37.9 Å². The van der Waals surface area contributed by atoms with Gasteiger partial charge in [-0.1, -0.05) is 12.1 Å². The van der Waals surface area contributed by atoms with Crippen molar-refractivity contribution in [3.05, 3.63) is 70.2 Å². The number of aliphatic hydroxyl groups is 1. The van der Waals surface area contributed by atoms with E-state index in [0.29, 0.717) is 47.9 Å². The summed E-state index contributed by atoms with van der Waals surface area (Å²) in [6.45, 7) is 1.88. The first-order valence-corrected chi connectivity index (χ1v) is 17.0. The number of benzene rings is 2. The summed E-state index contributed by atoms with van der Waals surface area (Å²) in [4.78, 5) is 17.4. The van der Waals surface area contributed by atoms with Crippen molar-refractivity contribution in [1.29, 1.82) is 0 Å². The Bertz CT molecular complexity index is 1690. The van der Waals surface area contributed by atoms with Gasteiger partial charge in [0.15, 0.2) is 34.5 Å². The third kappa shape index (κ3) is 4.66. The SMILES string of the molecule is COC1=CC2C3Cc4ccc(OC)c(O)c4C2(CCN3C)CC1=O.COC1=CC2C3Cc4ccc(OC)c(O)c4C2(CCN3C)CC1O. The van der Waals surface area contributed by atoms with E-state index in [-0.39, 0.29) is 39.9 Å². The first-order valence-electron chi connectivity index (χ1n) is 17.0. The minimum atomic E-state index is -0.633. The Morgan fingerprint density at radius 1 is 0.729 bits per heavy atom. The van der Waals surface area contributed by atoms with Crippen LogP contribution in [0.3, 0.4) is 0 Å². The molecular formula is C38H48N2O8. The van der Waals surface area contributed by atoms with E-state index in [1.165, 1.54) is 5.56 Å². The van der Waals surface area contributed by atoms with Crippen LogP contribution in [0.1, 0.15) is 47.9 Å². The minimum Gasteiger partial charge on any atom is -0.504 e. The Morgan fingerprint density at radius 2 is 1.25 bits per heavy atom. The molecule has 48 heavy (non-hydrogen) atoms. The summed E-state index contributed by atoms with van der Waals surface area (Å²) in [5.74, 6) is 2.95. The first kappa shape index (κ1) is 32.8. The van der Waals surface area contributed by atoms with Gasteiger partial charge in [0, 0.05) is 52.3 Å². The molecule has 2 aromatic carbocycles. The molecule has 6 aliphatic rings. The van der Waals surface area contributed by atoms with Gasteiger partial charge < -0.3 is 44.1 Å². The van der Waals surface area contributed by atoms with E-state index in [2.05, 4.69) is 36.0 Å². The summed E-state index contributed by atoms with van der Waals surface area (Å²) < 4.78 is 21.4. The van der Waals surface area contributed by atoms with E-state index in [0.717, 1.165) is 55.5 Å². The quantitative estimate of drug-likeness (QED) is 0.447. The van der Waals surface area contributed by atoms with E-state index in [1.807, 2.05) is 24.3 Å². The number of carbonyl (C=O) groups excluding carboxylic acids is 1. The largest absolute Gasteiger partial charge is 0.504 e. The van der Waals surface area contributed by atoms with Crippen molar-refractivity contribution >= 4 is 5.78 Å². The highest BCUT2D eigenvalue weighted by molar-refractivity contribution is 5.96. The van der Waals surface area contributed by atoms with Crippen molar-refractivity contribution in [2.75, 3.05) is 55.6 Å². The van der Waals surface area contributed by atoms with Crippen LogP contribution in [0.2, 0.25) is 0 Å². The van der Waals surface area contributed by atoms with Crippen LogP contribution in [0.15, 0.2) is 47.9 Å². The number of Topliss-reactive ketones (excluding diaryl/α,β-unsaturated/α-hetero) is 1. The molecular weight excluding hydrogens is 612 g/mol. The molecule has 0 spiro atoms. The predicted octanol–water partition coefficient (Wildman–Crippen LogP) is 3.83. The fraction of sp³-hybridized carbons (Fsp3) is 0.553. The molecule has 0 amide bonds. The molecule has 10 heteroatoms. The Morgan fingerprint density at radius 3 is 1.77 bits per heavy atom. The Kier molecular flexibility index (Phi) is 8.20. The zero-order valence-electron chi connectivity index (χ0n) is 28.8. The highest BCUT2D eigenvalue weighted by Crippen LogP contribution is 2.59. The number of hydrogen-bond acceptors (Lipinski definition) is 10. The zero-order chi connectivity index (χ0) is 34.1. The molecule has 2 saturated heterocycles. The number of piperidine rings is 2. The van der Waals surface area contributed by atoms with Crippen LogP contribution in [-0.4, -0.2) is 105 Å². The van der Waals surface area contributed by atoms with Crippen LogP contribution >= 0.6 is 0 Å². The monoisotopic (exact) mass is 660 g/mol. The van der Waals surface area contributed by atoms with Crippen molar-refractivity contribution in [2.24, 2.45) is 11.8 Å². The number of nitrogens with zero attached hydrogens (tertiary/aromatic N) is 2. The van der Waals surface area contributed by atoms with Crippen molar-refractivity contribution in [1.82, 2.24) is 9.80 Å². The number of aromatic hydroxyl groups is 2. The maximum Gasteiger partial charge on any atom is 0.197 e. The molecule has 2 heterocycles. The van der Waals surface area contributed by atoms with Crippen molar-refractivity contribution in [3.63, 3.8) is 0 Å². The van der Waals surface area contributed by atoms with Gasteiger partial charge in [0.1, 0.15) is 11.9 Å². The summed E-state index contributed by atoms with van der Waals surface area (Å²) in [5, 5.41) is 32.3. The number of likely N-dealkylation sites (N-methyl/N-ethyl adjacent to an activating group) is 2. The van der Waals surface area contributed by atoms with Gasteiger partial charge in [-0.05, 0) is 94.7 Å². The van der Waals surface area contributed by atoms with Gasteiger partial charge >= 0.3 is 0 Å². The van der Waals surface area contributed by atoms with Gasteiger partial charge in [0.2, 0.25) is 0 Å². The number of ether oxygens (including phenoxy) is 4. The normalized spacial score (nSPS) is 33.3. The molecule has 8 rings (SSSR count). The number of hydrogen-bond donors (Lipinski definition) is 3. The summed E-state index contributed by atoms with van der Waals surface area (Å²) >= 11 is 0. The molecule has 7 unspecified atom stereocenters. The number of fused-ring (bicyclic) bond motifs is 2. The molecule has 0 aromatic heterocycles. The second kappa shape index (κ2) is 12.0. The smallest absolute Gasteiger partial charge is 0.197 e. The van der Waals surface area contributed by atoms with Gasteiger partial charge in [-0.3, -0.25) is 4.79 Å². The standard InChI is InChI=1S/C19H25NO4.C19H23NO4/c2*1-20-7-6-19-10-14(21)16(24-3)9-12(19)13(20)8-11-4-5-15(23-2)18(22)17(11)19/h4-5,9,12-14,21-22H,6-8,10H2,1-3H3;4-5,9,12-13,22H,6-8,10H2,1-3H3. The molecule has 2 fully saturated rings. The van der Waals surface area contributed by atoms with E-state index < -0.39 is 6.10 Å². The number of allylic oxidation sites excluding steroid dienone is 1. The van der Waals surface area contributed by atoms with Crippen molar-refractivity contribution < 1.29 is 39.1 Å². The fourth-order valence-electron chi connectivity index (χ4n) is 10.2. The van der Waals surface area contributed by atoms with Gasteiger partial charge in [0.05, 0.1) is 28.4 Å². The Labute approximate surface area is 282 Å². The molecule has 0 radical (unpaired) electrons. The van der Waals surface area contributed by atoms with Crippen LogP contribution in [0.25, 0.3) is 0 Å². The topological polar surface area (TPSA) is 121 Å². The highest BCUT2D eigenvalue weighted by Gasteiger charge is 2.58. The lowest BCUT2D eigenvalue weighted by Crippen LogP contribution is -2.60. The maximum absolute atomic E-state index is 12.6. The molecule has 3 N–H and O–H groups in total. The highest BCUT2D eigenvalue weighted by atomic mass is 16.5. The molecule has 4 aliphatic carbocycles. The maximum atomic E-state index is 12.6. The van der Waals surface area contributed by atoms with Crippen LogP contribution in [0, 0.1) is 11.8 Å². The number of aliphatic hydroxyl groups excluding tert-OH is 1. The second-order valence-electron chi connectivity index (χ2n) is 14.5. The fourth-order valence-corrected chi connectivity index (χ4v) is 10.2. The average Bonchev–Trinajstić information content (AvgIpc) is 3.07. The molecule has 7 atom stereocenters.